The number of hydrogen-bond donors (Lipinski definition) is 0. The SMILES string of the molecule is C[C@]1(n2nc(Cn3cnc4ncccc4c3=O)oc2=O)CC[C@@H](c2ccc(F)cc2)C1. The van der Waals surface area contributed by atoms with Crippen molar-refractivity contribution in [3.8, 4) is 0 Å². The van der Waals surface area contributed by atoms with Gasteiger partial charge in [-0.05, 0) is 61.9 Å². The molecule has 158 valence electrons. The van der Waals surface area contributed by atoms with E-state index in [4.69, 9.17) is 4.42 Å². The summed E-state index contributed by atoms with van der Waals surface area (Å²) in [6.07, 6.45) is 5.23. The lowest BCUT2D eigenvalue weighted by Gasteiger charge is -2.22. The van der Waals surface area contributed by atoms with Gasteiger partial charge in [-0.3, -0.25) is 9.36 Å². The van der Waals surface area contributed by atoms with Crippen LogP contribution in [-0.2, 0) is 12.1 Å². The molecule has 0 amide bonds. The normalized spacial score (nSPS) is 21.0. The average molecular weight is 421 g/mol. The fourth-order valence-corrected chi connectivity index (χ4v) is 4.41. The molecule has 0 spiro atoms. The zero-order valence-corrected chi connectivity index (χ0v) is 16.9. The van der Waals surface area contributed by atoms with Crippen LogP contribution < -0.4 is 11.3 Å². The Morgan fingerprint density at radius 3 is 2.81 bits per heavy atom. The molecule has 0 radical (unpaired) electrons. The van der Waals surface area contributed by atoms with E-state index in [0.717, 1.165) is 18.4 Å². The van der Waals surface area contributed by atoms with Crippen LogP contribution in [0.2, 0.25) is 0 Å². The van der Waals surface area contributed by atoms with E-state index < -0.39 is 11.3 Å². The van der Waals surface area contributed by atoms with E-state index in [9.17, 15) is 14.0 Å². The number of rotatable bonds is 4. The predicted molar refractivity (Wildman–Crippen MR) is 110 cm³/mol. The van der Waals surface area contributed by atoms with Crippen molar-refractivity contribution in [3.63, 3.8) is 0 Å². The number of hydrogen-bond acceptors (Lipinski definition) is 6. The van der Waals surface area contributed by atoms with Gasteiger partial charge in [-0.25, -0.2) is 19.2 Å². The van der Waals surface area contributed by atoms with E-state index in [1.165, 1.54) is 27.7 Å². The maximum absolute atomic E-state index is 13.2. The number of pyridine rings is 1. The van der Waals surface area contributed by atoms with E-state index in [-0.39, 0.29) is 29.7 Å². The second kappa shape index (κ2) is 7.26. The van der Waals surface area contributed by atoms with E-state index in [1.807, 2.05) is 6.92 Å². The average Bonchev–Trinajstić information content (AvgIpc) is 3.34. The molecule has 0 saturated heterocycles. The van der Waals surface area contributed by atoms with E-state index in [1.54, 1.807) is 30.5 Å². The molecule has 2 atom stereocenters. The van der Waals surface area contributed by atoms with Crippen LogP contribution in [0.4, 0.5) is 4.39 Å². The first-order valence-corrected chi connectivity index (χ1v) is 10.1. The van der Waals surface area contributed by atoms with E-state index >= 15 is 0 Å². The Hall–Kier alpha value is -3.62. The number of aromatic nitrogens is 5. The monoisotopic (exact) mass is 421 g/mol. The summed E-state index contributed by atoms with van der Waals surface area (Å²) in [4.78, 5) is 33.5. The van der Waals surface area contributed by atoms with Gasteiger partial charge in [-0.2, -0.15) is 4.68 Å². The standard InChI is InChI=1S/C22H20FN5O3/c1-22(9-8-15(11-22)14-4-6-16(23)7-5-14)28-21(30)31-18(26-28)12-27-13-25-19-17(20(27)29)3-2-10-24-19/h2-7,10,13,15H,8-9,11-12H2,1H3/t15-,22+/m1/s1. The van der Waals surface area contributed by atoms with Gasteiger partial charge in [0.15, 0.2) is 5.65 Å². The zero-order valence-electron chi connectivity index (χ0n) is 16.9. The minimum atomic E-state index is -0.555. The molecule has 0 aliphatic heterocycles. The fraction of sp³-hybridized carbons (Fsp3) is 0.318. The summed E-state index contributed by atoms with van der Waals surface area (Å²) >= 11 is 0. The summed E-state index contributed by atoms with van der Waals surface area (Å²) in [5, 5.41) is 4.78. The lowest BCUT2D eigenvalue weighted by molar-refractivity contribution is 0.270. The predicted octanol–water partition coefficient (Wildman–Crippen LogP) is 2.81. The van der Waals surface area contributed by atoms with Crippen molar-refractivity contribution in [3.05, 3.63) is 87.1 Å². The first kappa shape index (κ1) is 19.3. The molecule has 3 aromatic heterocycles. The maximum Gasteiger partial charge on any atom is 0.437 e. The van der Waals surface area contributed by atoms with Crippen LogP contribution in [0.1, 0.15) is 43.6 Å². The third kappa shape index (κ3) is 3.45. The highest BCUT2D eigenvalue weighted by molar-refractivity contribution is 5.72. The van der Waals surface area contributed by atoms with Crippen LogP contribution >= 0.6 is 0 Å². The number of fused-ring (bicyclic) bond motifs is 1. The molecule has 3 heterocycles. The van der Waals surface area contributed by atoms with Gasteiger partial charge < -0.3 is 4.42 Å². The van der Waals surface area contributed by atoms with Gasteiger partial charge in [0.1, 0.15) is 18.7 Å². The minimum Gasteiger partial charge on any atom is -0.390 e. The van der Waals surface area contributed by atoms with Crippen molar-refractivity contribution < 1.29 is 8.81 Å². The van der Waals surface area contributed by atoms with Crippen molar-refractivity contribution in [1.29, 1.82) is 0 Å². The second-order valence-electron chi connectivity index (χ2n) is 8.21. The zero-order chi connectivity index (χ0) is 21.6. The Morgan fingerprint density at radius 1 is 1.19 bits per heavy atom. The van der Waals surface area contributed by atoms with Crippen molar-refractivity contribution in [2.24, 2.45) is 0 Å². The lowest BCUT2D eigenvalue weighted by Crippen LogP contribution is -2.35. The van der Waals surface area contributed by atoms with Gasteiger partial charge in [0.05, 0.1) is 10.9 Å². The second-order valence-corrected chi connectivity index (χ2v) is 8.21. The van der Waals surface area contributed by atoms with Crippen LogP contribution in [-0.4, -0.2) is 24.3 Å². The van der Waals surface area contributed by atoms with Crippen molar-refractivity contribution in [1.82, 2.24) is 24.3 Å². The first-order valence-electron chi connectivity index (χ1n) is 10.1. The molecule has 4 aromatic rings. The minimum absolute atomic E-state index is 0.00359. The molecule has 9 heteroatoms. The first-order chi connectivity index (χ1) is 14.9. The lowest BCUT2D eigenvalue weighted by atomic mass is 9.94. The van der Waals surface area contributed by atoms with Gasteiger partial charge in [0, 0.05) is 6.20 Å². The highest BCUT2D eigenvalue weighted by atomic mass is 19.1. The smallest absolute Gasteiger partial charge is 0.390 e. The van der Waals surface area contributed by atoms with Gasteiger partial charge in [0.2, 0.25) is 5.89 Å². The number of benzene rings is 1. The highest BCUT2D eigenvalue weighted by Gasteiger charge is 2.40. The maximum atomic E-state index is 13.2. The van der Waals surface area contributed by atoms with Crippen LogP contribution in [0.15, 0.2) is 62.9 Å². The third-order valence-electron chi connectivity index (χ3n) is 6.06. The largest absolute Gasteiger partial charge is 0.437 e. The fourth-order valence-electron chi connectivity index (χ4n) is 4.41. The Labute approximate surface area is 176 Å². The summed E-state index contributed by atoms with van der Waals surface area (Å²) in [7, 11) is 0. The van der Waals surface area contributed by atoms with Gasteiger partial charge in [-0.1, -0.05) is 12.1 Å². The topological polar surface area (TPSA) is 95.8 Å². The van der Waals surface area contributed by atoms with Crippen LogP contribution in [0.25, 0.3) is 11.0 Å². The van der Waals surface area contributed by atoms with Crippen molar-refractivity contribution in [2.45, 2.75) is 44.2 Å². The molecule has 0 unspecified atom stereocenters. The third-order valence-corrected chi connectivity index (χ3v) is 6.06. The number of nitrogens with zero attached hydrogens (tertiary/aromatic N) is 5. The van der Waals surface area contributed by atoms with E-state index in [2.05, 4.69) is 15.1 Å². The quantitative estimate of drug-likeness (QED) is 0.503. The molecule has 1 aliphatic carbocycles. The molecule has 0 bridgehead atoms. The van der Waals surface area contributed by atoms with Crippen LogP contribution in [0, 0.1) is 5.82 Å². The van der Waals surface area contributed by atoms with Crippen molar-refractivity contribution >= 4 is 11.0 Å². The summed E-state index contributed by atoms with van der Waals surface area (Å²) in [6, 6.07) is 9.81. The van der Waals surface area contributed by atoms with Crippen LogP contribution in [0.3, 0.4) is 0 Å². The highest BCUT2D eigenvalue weighted by Crippen LogP contribution is 2.44. The van der Waals surface area contributed by atoms with Gasteiger partial charge >= 0.3 is 5.76 Å². The molecule has 0 N–H and O–H groups in total. The molecule has 1 aliphatic rings. The molecule has 1 aromatic carbocycles. The Balaban J connectivity index is 1.41. The molecular formula is C22H20FN5O3. The molecule has 1 fully saturated rings. The van der Waals surface area contributed by atoms with Crippen molar-refractivity contribution in [2.75, 3.05) is 0 Å². The summed E-state index contributed by atoms with van der Waals surface area (Å²) in [5.41, 5.74) is 0.609. The Kier molecular flexibility index (Phi) is 4.53. The molecule has 31 heavy (non-hydrogen) atoms. The number of halogens is 1. The summed E-state index contributed by atoms with van der Waals surface area (Å²) in [6.45, 7) is 1.97. The Bertz CT molecular complexity index is 1370. The molecule has 1 saturated carbocycles. The Morgan fingerprint density at radius 2 is 2.00 bits per heavy atom. The van der Waals surface area contributed by atoms with E-state index in [0.29, 0.717) is 17.5 Å². The van der Waals surface area contributed by atoms with Crippen LogP contribution in [0.5, 0.6) is 0 Å². The van der Waals surface area contributed by atoms with Gasteiger partial charge in [0.25, 0.3) is 5.56 Å². The molecular weight excluding hydrogens is 401 g/mol. The molecule has 8 nitrogen and oxygen atoms in total. The molecule has 5 rings (SSSR count). The summed E-state index contributed by atoms with van der Waals surface area (Å²) < 4.78 is 21.3. The summed E-state index contributed by atoms with van der Waals surface area (Å²) in [5.74, 6) is -0.474. The van der Waals surface area contributed by atoms with Gasteiger partial charge in [-0.15, -0.1) is 5.10 Å².